The number of fused-ring (bicyclic) bond motifs is 1. The number of carbonyl (C=O) groups is 1. The smallest absolute Gasteiger partial charge is 0.246 e. The van der Waals surface area contributed by atoms with Gasteiger partial charge in [-0.25, -0.2) is 19.3 Å². The Morgan fingerprint density at radius 2 is 1.95 bits per heavy atom. The molecule has 3 aromatic heterocycles. The van der Waals surface area contributed by atoms with Crippen molar-refractivity contribution in [3.63, 3.8) is 0 Å². The van der Waals surface area contributed by atoms with Gasteiger partial charge < -0.3 is 19.9 Å². The number of likely N-dealkylation sites (tertiary alicyclic amines) is 2. The van der Waals surface area contributed by atoms with Crippen LogP contribution in [0.2, 0.25) is 0 Å². The lowest BCUT2D eigenvalue weighted by atomic mass is 9.92. The van der Waals surface area contributed by atoms with Gasteiger partial charge in [0, 0.05) is 56.0 Å². The predicted octanol–water partition coefficient (Wildman–Crippen LogP) is 4.12. The average molecular weight is 566 g/mol. The molecule has 2 aliphatic heterocycles. The summed E-state index contributed by atoms with van der Waals surface area (Å²) in [7, 11) is 1.92. The Hall–Kier alpha value is -4.75. The van der Waals surface area contributed by atoms with Gasteiger partial charge in [0.2, 0.25) is 11.8 Å². The maximum atomic E-state index is 14.9. The van der Waals surface area contributed by atoms with Gasteiger partial charge in [0.1, 0.15) is 35.4 Å². The molecule has 6 rings (SSSR count). The number of hydrogen-bond acceptors (Lipinski definition) is 7. The average Bonchev–Trinajstić information content (AvgIpc) is 3.25. The maximum Gasteiger partial charge on any atom is 0.246 e. The van der Waals surface area contributed by atoms with E-state index in [1.807, 2.05) is 61.0 Å². The molecule has 2 aliphatic rings. The first-order chi connectivity index (χ1) is 20.3. The molecule has 2 fully saturated rings. The van der Waals surface area contributed by atoms with Crippen LogP contribution in [-0.2, 0) is 11.8 Å². The number of alkyl halides is 1. The number of amides is 1. The number of anilines is 1. The van der Waals surface area contributed by atoms with Crippen LogP contribution in [0.4, 0.5) is 10.2 Å². The Kier molecular flexibility index (Phi) is 7.35. The van der Waals surface area contributed by atoms with Crippen molar-refractivity contribution >= 4 is 22.8 Å². The zero-order chi connectivity index (χ0) is 29.4. The first kappa shape index (κ1) is 27.4. The largest absolute Gasteiger partial charge is 0.439 e. The fourth-order valence-corrected chi connectivity index (χ4v) is 5.77. The number of carbonyl (C=O) groups excluding carboxylic acids is 1. The van der Waals surface area contributed by atoms with Crippen LogP contribution in [-0.4, -0.2) is 73.6 Å². The van der Waals surface area contributed by atoms with Gasteiger partial charge in [0.05, 0.1) is 11.9 Å². The topological polar surface area (TPSA) is 102 Å². The summed E-state index contributed by atoms with van der Waals surface area (Å²) in [5, 5.41) is 0.745. The van der Waals surface area contributed by atoms with Crippen molar-refractivity contribution < 1.29 is 13.9 Å². The normalized spacial score (nSPS) is 19.2. The number of nitrogen functional groups attached to an aromatic ring is 1. The Labute approximate surface area is 243 Å². The lowest BCUT2D eigenvalue weighted by molar-refractivity contribution is -0.130. The van der Waals surface area contributed by atoms with Gasteiger partial charge in [-0.2, -0.15) is 0 Å². The van der Waals surface area contributed by atoms with Gasteiger partial charge in [-0.1, -0.05) is 30.7 Å². The number of aryl methyl sites for hydroxylation is 2. The first-order valence-corrected chi connectivity index (χ1v) is 13.9. The lowest BCUT2D eigenvalue weighted by Gasteiger charge is -2.46. The Bertz CT molecular complexity index is 1720. The molecule has 9 nitrogen and oxygen atoms in total. The number of nitrogens with two attached hydrogens (primary N) is 1. The number of nitrogens with zero attached hydrogens (tertiary/aromatic N) is 6. The summed E-state index contributed by atoms with van der Waals surface area (Å²) < 4.78 is 22.8. The fraction of sp³-hybridized carbons (Fsp3) is 0.312. The third-order valence-electron chi connectivity index (χ3n) is 7.99. The highest BCUT2D eigenvalue weighted by atomic mass is 19.1. The van der Waals surface area contributed by atoms with E-state index < -0.39 is 6.17 Å². The number of benzene rings is 1. The lowest BCUT2D eigenvalue weighted by Crippen LogP contribution is -2.60. The molecule has 5 heterocycles. The van der Waals surface area contributed by atoms with Crippen LogP contribution in [0.5, 0.6) is 11.6 Å². The van der Waals surface area contributed by atoms with E-state index in [1.54, 1.807) is 0 Å². The number of piperidine rings is 1. The van der Waals surface area contributed by atoms with Crippen molar-refractivity contribution in [1.29, 1.82) is 0 Å². The van der Waals surface area contributed by atoms with Crippen molar-refractivity contribution in [3.8, 4) is 34.6 Å². The Morgan fingerprint density at radius 1 is 1.17 bits per heavy atom. The minimum absolute atomic E-state index is 0.107. The minimum atomic E-state index is -1.09. The number of ether oxygens (including phenoxy) is 1. The summed E-state index contributed by atoms with van der Waals surface area (Å²) in [6, 6.07) is 13.2. The minimum Gasteiger partial charge on any atom is -0.439 e. The van der Waals surface area contributed by atoms with Crippen molar-refractivity contribution in [2.75, 3.05) is 31.9 Å². The van der Waals surface area contributed by atoms with Gasteiger partial charge in [0.15, 0.2) is 0 Å². The summed E-state index contributed by atoms with van der Waals surface area (Å²) in [5.41, 5.74) is 10.5. The van der Waals surface area contributed by atoms with Gasteiger partial charge in [0.25, 0.3) is 0 Å². The summed E-state index contributed by atoms with van der Waals surface area (Å²) >= 11 is 0. The summed E-state index contributed by atoms with van der Waals surface area (Å²) in [6.45, 7) is 7.45. The second-order valence-corrected chi connectivity index (χ2v) is 10.8. The molecule has 0 spiro atoms. The molecule has 214 valence electrons. The standard InChI is InChI=1S/C32H32FN7O2/c1-4-28(41)39-15-14-25(24(33)18-39)40-16-21(17-40)8-13-26-29(30-31(34)35-19-36-32(30)38(26)3)22-9-11-23(12-10-22)42-27-7-5-6-20(2)37-27/h4-7,9-12,19,21,24-25H,1,14-18H2,2-3H3,(H2,34,35,36)/t24-,25+/m0/s1. The van der Waals surface area contributed by atoms with E-state index in [4.69, 9.17) is 10.5 Å². The molecule has 2 N–H and O–H groups in total. The third kappa shape index (κ3) is 5.19. The zero-order valence-corrected chi connectivity index (χ0v) is 23.6. The molecular formula is C32H32FN7O2. The van der Waals surface area contributed by atoms with Crippen molar-refractivity contribution in [2.24, 2.45) is 13.0 Å². The second-order valence-electron chi connectivity index (χ2n) is 10.8. The van der Waals surface area contributed by atoms with E-state index >= 15 is 0 Å². The predicted molar refractivity (Wildman–Crippen MR) is 159 cm³/mol. The van der Waals surface area contributed by atoms with E-state index in [9.17, 15) is 9.18 Å². The van der Waals surface area contributed by atoms with Gasteiger partial charge >= 0.3 is 0 Å². The molecule has 0 radical (unpaired) electrons. The van der Waals surface area contributed by atoms with Crippen LogP contribution >= 0.6 is 0 Å². The highest BCUT2D eigenvalue weighted by Gasteiger charge is 2.39. The van der Waals surface area contributed by atoms with Crippen LogP contribution in [0, 0.1) is 24.7 Å². The number of hydrogen-bond donors (Lipinski definition) is 1. The molecule has 2 saturated heterocycles. The van der Waals surface area contributed by atoms with Crippen LogP contribution < -0.4 is 10.5 Å². The van der Waals surface area contributed by atoms with E-state index in [1.165, 1.54) is 17.3 Å². The Morgan fingerprint density at radius 3 is 2.67 bits per heavy atom. The van der Waals surface area contributed by atoms with Crippen LogP contribution in [0.3, 0.4) is 0 Å². The summed E-state index contributed by atoms with van der Waals surface area (Å²) in [5.74, 6) is 8.25. The summed E-state index contributed by atoms with van der Waals surface area (Å²) in [6.07, 6.45) is 2.21. The third-order valence-corrected chi connectivity index (χ3v) is 7.99. The highest BCUT2D eigenvalue weighted by Crippen LogP contribution is 2.37. The quantitative estimate of drug-likeness (QED) is 0.287. The van der Waals surface area contributed by atoms with Crippen LogP contribution in [0.15, 0.2) is 61.4 Å². The number of rotatable bonds is 5. The molecule has 0 unspecified atom stereocenters. The van der Waals surface area contributed by atoms with Crippen molar-refractivity contribution in [3.05, 3.63) is 72.8 Å². The van der Waals surface area contributed by atoms with Crippen molar-refractivity contribution in [2.45, 2.75) is 25.6 Å². The number of aromatic nitrogens is 4. The van der Waals surface area contributed by atoms with Crippen LogP contribution in [0.25, 0.3) is 22.2 Å². The molecule has 0 saturated carbocycles. The van der Waals surface area contributed by atoms with Gasteiger partial charge in [-0.05, 0) is 49.1 Å². The monoisotopic (exact) mass is 565 g/mol. The number of halogens is 1. The molecule has 42 heavy (non-hydrogen) atoms. The number of pyridine rings is 1. The van der Waals surface area contributed by atoms with E-state index in [0.717, 1.165) is 27.9 Å². The molecule has 1 aromatic carbocycles. The molecule has 1 amide bonds. The SMILES string of the molecule is C=CC(=O)N1CC[C@@H](N2CC(C#Cc3c(-c4ccc(Oc5cccc(C)n5)cc4)c4c(N)ncnc4n3C)C2)[C@@H](F)C1. The van der Waals surface area contributed by atoms with Gasteiger partial charge in [-0.3, -0.25) is 9.69 Å². The Balaban J connectivity index is 1.23. The van der Waals surface area contributed by atoms with E-state index in [-0.39, 0.29) is 24.4 Å². The zero-order valence-electron chi connectivity index (χ0n) is 23.6. The van der Waals surface area contributed by atoms with E-state index in [0.29, 0.717) is 49.1 Å². The van der Waals surface area contributed by atoms with E-state index in [2.05, 4.69) is 38.3 Å². The fourth-order valence-electron chi connectivity index (χ4n) is 5.77. The molecule has 0 aliphatic carbocycles. The summed E-state index contributed by atoms with van der Waals surface area (Å²) in [4.78, 5) is 28.7. The maximum absolute atomic E-state index is 14.9. The molecule has 10 heteroatoms. The molecule has 4 aromatic rings. The molecular weight excluding hydrogens is 533 g/mol. The highest BCUT2D eigenvalue weighted by molar-refractivity contribution is 6.03. The van der Waals surface area contributed by atoms with Gasteiger partial charge in [-0.15, -0.1) is 0 Å². The first-order valence-electron chi connectivity index (χ1n) is 13.9. The van der Waals surface area contributed by atoms with Crippen molar-refractivity contribution in [1.82, 2.24) is 29.3 Å². The van der Waals surface area contributed by atoms with Crippen LogP contribution in [0.1, 0.15) is 17.8 Å². The molecule has 2 atom stereocenters. The molecule has 0 bridgehead atoms. The second kappa shape index (κ2) is 11.3.